The molecule has 0 radical (unpaired) electrons. The number of ether oxygens (including phenoxy) is 1. The van der Waals surface area contributed by atoms with Gasteiger partial charge < -0.3 is 9.64 Å². The number of alkyl halides is 3. The minimum Gasteiger partial charge on any atom is -0.444 e. The number of rotatable bonds is 5. The number of benzene rings is 2. The zero-order chi connectivity index (χ0) is 27.6. The van der Waals surface area contributed by atoms with E-state index >= 15 is 0 Å². The minimum absolute atomic E-state index is 0.0214. The maximum atomic E-state index is 13.8. The summed E-state index contributed by atoms with van der Waals surface area (Å²) < 4.78 is 74.3. The van der Waals surface area contributed by atoms with Crippen LogP contribution in [-0.4, -0.2) is 67.1 Å². The number of amides is 1. The summed E-state index contributed by atoms with van der Waals surface area (Å²) in [5.74, 6) is 0. The summed E-state index contributed by atoms with van der Waals surface area (Å²) in [7, 11) is -3.94. The van der Waals surface area contributed by atoms with Crippen molar-refractivity contribution in [1.29, 1.82) is 0 Å². The fourth-order valence-corrected chi connectivity index (χ4v) is 5.49. The molecule has 37 heavy (non-hydrogen) atoms. The van der Waals surface area contributed by atoms with Gasteiger partial charge in [-0.05, 0) is 50.6 Å². The third-order valence-corrected chi connectivity index (χ3v) is 7.67. The maximum Gasteiger partial charge on any atom is 0.417 e. The molecule has 0 bridgehead atoms. The van der Waals surface area contributed by atoms with E-state index in [0.717, 1.165) is 11.4 Å². The first-order valence-corrected chi connectivity index (χ1v) is 13.4. The highest BCUT2D eigenvalue weighted by Crippen LogP contribution is 2.43. The first-order chi connectivity index (χ1) is 17.1. The average Bonchev–Trinajstić information content (AvgIpc) is 2.81. The summed E-state index contributed by atoms with van der Waals surface area (Å²) in [6.45, 7) is 5.62. The largest absolute Gasteiger partial charge is 0.444 e. The molecule has 0 aromatic heterocycles. The Bertz CT molecular complexity index is 1300. The van der Waals surface area contributed by atoms with E-state index in [1.165, 1.54) is 45.8 Å². The lowest BCUT2D eigenvalue weighted by Gasteiger charge is -2.35. The van der Waals surface area contributed by atoms with Gasteiger partial charge >= 0.3 is 12.3 Å². The molecule has 1 saturated heterocycles. The number of carbonyl (C=O) groups is 1. The molecule has 2 aromatic carbocycles. The van der Waals surface area contributed by atoms with Crippen molar-refractivity contribution in [3.63, 3.8) is 0 Å². The van der Waals surface area contributed by atoms with Crippen molar-refractivity contribution in [2.75, 3.05) is 26.2 Å². The molecule has 1 aliphatic heterocycles. The van der Waals surface area contributed by atoms with Gasteiger partial charge in [-0.25, -0.2) is 13.2 Å². The zero-order valence-electron chi connectivity index (χ0n) is 20.3. The van der Waals surface area contributed by atoms with Crippen molar-refractivity contribution in [3.05, 3.63) is 47.0 Å². The second-order valence-electron chi connectivity index (χ2n) is 9.16. The molecule has 1 aliphatic rings. The van der Waals surface area contributed by atoms with Crippen LogP contribution in [0.25, 0.3) is 11.1 Å². The van der Waals surface area contributed by atoms with Crippen molar-refractivity contribution in [2.24, 2.45) is 4.99 Å². The van der Waals surface area contributed by atoms with Gasteiger partial charge in [0.1, 0.15) is 5.60 Å². The predicted molar refractivity (Wildman–Crippen MR) is 140 cm³/mol. The lowest BCUT2D eigenvalue weighted by atomic mass is 9.98. The Labute approximate surface area is 223 Å². The van der Waals surface area contributed by atoms with Gasteiger partial charge in [0.2, 0.25) is 10.0 Å². The van der Waals surface area contributed by atoms with Crippen LogP contribution in [0.2, 0.25) is 5.02 Å². The van der Waals surface area contributed by atoms with Gasteiger partial charge in [0, 0.05) is 43.3 Å². The molecule has 13 heteroatoms. The van der Waals surface area contributed by atoms with Gasteiger partial charge in [-0.15, -0.1) is 0 Å². The van der Waals surface area contributed by atoms with Crippen LogP contribution in [0.15, 0.2) is 46.3 Å². The van der Waals surface area contributed by atoms with E-state index in [4.69, 9.17) is 16.3 Å². The molecule has 1 heterocycles. The van der Waals surface area contributed by atoms with E-state index in [2.05, 4.69) is 17.2 Å². The summed E-state index contributed by atoms with van der Waals surface area (Å²) in [6.07, 6.45) is -4.08. The molecule has 0 atom stereocenters. The van der Waals surface area contributed by atoms with E-state index in [1.807, 2.05) is 0 Å². The highest BCUT2D eigenvalue weighted by Gasteiger charge is 2.36. The number of sulfonamides is 1. The Morgan fingerprint density at radius 1 is 1.08 bits per heavy atom. The van der Waals surface area contributed by atoms with Crippen molar-refractivity contribution in [1.82, 2.24) is 9.21 Å². The van der Waals surface area contributed by atoms with E-state index in [0.29, 0.717) is 0 Å². The van der Waals surface area contributed by atoms with Crippen LogP contribution in [0, 0.1) is 0 Å². The Morgan fingerprint density at radius 2 is 1.68 bits per heavy atom. The molecule has 0 spiro atoms. The Morgan fingerprint density at radius 3 is 2.19 bits per heavy atom. The number of thiocarbonyl (C=S) groups is 1. The molecular weight excluding hydrogens is 551 g/mol. The molecule has 200 valence electrons. The SMILES string of the molecule is CC(C)(C)OC(=O)N1CCN(S(=O)(=O)c2ccc(-c3c(Cl)cc(N=CC=S)cc3C(F)(F)F)cc2)CC1. The lowest BCUT2D eigenvalue weighted by Crippen LogP contribution is -2.51. The van der Waals surface area contributed by atoms with Crippen LogP contribution in [0.4, 0.5) is 23.7 Å². The van der Waals surface area contributed by atoms with Gasteiger partial charge in [0.15, 0.2) is 0 Å². The highest BCUT2D eigenvalue weighted by molar-refractivity contribution is 7.89. The van der Waals surface area contributed by atoms with Crippen LogP contribution < -0.4 is 0 Å². The summed E-state index contributed by atoms with van der Waals surface area (Å²) in [4.78, 5) is 17.4. The van der Waals surface area contributed by atoms with Gasteiger partial charge in [0.05, 0.1) is 21.2 Å². The van der Waals surface area contributed by atoms with Crippen LogP contribution >= 0.6 is 23.8 Å². The first-order valence-electron chi connectivity index (χ1n) is 11.1. The maximum absolute atomic E-state index is 13.8. The van der Waals surface area contributed by atoms with Gasteiger partial charge in [-0.2, -0.15) is 17.5 Å². The molecule has 0 unspecified atom stereocenters. The second kappa shape index (κ2) is 11.1. The van der Waals surface area contributed by atoms with E-state index in [9.17, 15) is 26.4 Å². The summed E-state index contributed by atoms with van der Waals surface area (Å²) in [5.41, 5.74) is -1.90. The summed E-state index contributed by atoms with van der Waals surface area (Å²) >= 11 is 10.8. The molecule has 0 N–H and O–H groups in total. The molecule has 1 fully saturated rings. The van der Waals surface area contributed by atoms with Crippen LogP contribution in [0.3, 0.4) is 0 Å². The Balaban J connectivity index is 1.84. The van der Waals surface area contributed by atoms with Crippen LogP contribution in [-0.2, 0) is 20.9 Å². The summed E-state index contributed by atoms with van der Waals surface area (Å²) in [5, 5.41) is 0.964. The molecule has 0 saturated carbocycles. The predicted octanol–water partition coefficient (Wildman–Crippen LogP) is 5.97. The average molecular weight is 576 g/mol. The zero-order valence-corrected chi connectivity index (χ0v) is 22.6. The second-order valence-corrected chi connectivity index (χ2v) is 11.8. The number of halogens is 4. The summed E-state index contributed by atoms with van der Waals surface area (Å²) in [6, 6.07) is 7.15. The van der Waals surface area contributed by atoms with Gasteiger partial charge in [0.25, 0.3) is 0 Å². The highest BCUT2D eigenvalue weighted by atomic mass is 35.5. The van der Waals surface area contributed by atoms with Crippen molar-refractivity contribution in [2.45, 2.75) is 37.4 Å². The number of nitrogens with zero attached hydrogens (tertiary/aromatic N) is 3. The standard InChI is InChI=1S/C24H25ClF3N3O4S2/c1-23(2,3)35-22(32)30-9-11-31(12-10-30)37(33,34)18-6-4-16(5-7-18)21-19(24(26,27)28)14-17(15-20(21)25)29-8-13-36/h4-8,13-15H,9-12H2,1-3H3. The quantitative estimate of drug-likeness (QED) is 0.324. The van der Waals surface area contributed by atoms with Crippen molar-refractivity contribution >= 4 is 57.2 Å². The Hall–Kier alpha value is -2.54. The molecule has 2 aromatic rings. The molecular formula is C24H25ClF3N3O4S2. The van der Waals surface area contributed by atoms with Crippen molar-refractivity contribution < 1.29 is 31.1 Å². The Kier molecular flexibility index (Phi) is 8.68. The topological polar surface area (TPSA) is 79.3 Å². The molecule has 7 nitrogen and oxygen atoms in total. The number of piperazine rings is 1. The van der Waals surface area contributed by atoms with Gasteiger partial charge in [-0.3, -0.25) is 4.99 Å². The fraction of sp³-hybridized carbons (Fsp3) is 0.375. The van der Waals surface area contributed by atoms with E-state index < -0.39 is 33.5 Å². The third kappa shape index (κ3) is 7.07. The third-order valence-electron chi connectivity index (χ3n) is 5.34. The molecule has 3 rings (SSSR count). The molecule has 0 aliphatic carbocycles. The van der Waals surface area contributed by atoms with Crippen molar-refractivity contribution in [3.8, 4) is 11.1 Å². The number of carbonyl (C=O) groups excluding carboxylic acids is 1. The molecule has 1 amide bonds. The van der Waals surface area contributed by atoms with Crippen LogP contribution in [0.1, 0.15) is 26.3 Å². The lowest BCUT2D eigenvalue weighted by molar-refractivity contribution is -0.137. The van der Waals surface area contributed by atoms with Crippen LogP contribution in [0.5, 0.6) is 0 Å². The first kappa shape index (κ1) is 29.0. The van der Waals surface area contributed by atoms with Gasteiger partial charge in [-0.1, -0.05) is 36.0 Å². The monoisotopic (exact) mass is 575 g/mol. The number of aliphatic imine (C=N–C) groups is 1. The minimum atomic E-state index is -4.74. The van der Waals surface area contributed by atoms with E-state index in [-0.39, 0.29) is 52.9 Å². The van der Waals surface area contributed by atoms with E-state index in [1.54, 1.807) is 20.8 Å². The number of hydrogen-bond acceptors (Lipinski definition) is 6. The fourth-order valence-electron chi connectivity index (χ4n) is 3.68. The smallest absolute Gasteiger partial charge is 0.417 e. The number of hydrogen-bond donors (Lipinski definition) is 0. The normalized spacial score (nSPS) is 15.7.